The van der Waals surface area contributed by atoms with E-state index in [1.165, 1.54) is 4.68 Å². The number of carbonyl (C=O) groups excluding carboxylic acids is 1. The van der Waals surface area contributed by atoms with Crippen LogP contribution in [0.5, 0.6) is 17.2 Å². The minimum atomic E-state index is -0.407. The van der Waals surface area contributed by atoms with Crippen molar-refractivity contribution in [2.75, 3.05) is 25.1 Å². The number of benzene rings is 1. The fourth-order valence-corrected chi connectivity index (χ4v) is 3.57. The van der Waals surface area contributed by atoms with Crippen LogP contribution in [0.2, 0.25) is 0 Å². The molecule has 0 aliphatic heterocycles. The highest BCUT2D eigenvalue weighted by atomic mass is 16.5. The van der Waals surface area contributed by atoms with Crippen LogP contribution in [-0.4, -0.2) is 45.5 Å². The van der Waals surface area contributed by atoms with Crippen LogP contribution in [0.15, 0.2) is 23.0 Å². The van der Waals surface area contributed by atoms with Crippen molar-refractivity contribution in [1.82, 2.24) is 19.7 Å². The topological polar surface area (TPSA) is 120 Å². The molecule has 0 aliphatic carbocycles. The molecule has 0 fully saturated rings. The van der Waals surface area contributed by atoms with E-state index in [1.54, 1.807) is 32.0 Å². The summed E-state index contributed by atoms with van der Waals surface area (Å²) < 4.78 is 18.5. The SMILES string of the molecule is CCOc1cc(C(=O)Nc2cc(C)nn2-c2nc(C)c(CC)c(=O)[nH]2)cc(OCC)c1OCC. The van der Waals surface area contributed by atoms with Gasteiger partial charge < -0.3 is 19.5 Å². The summed E-state index contributed by atoms with van der Waals surface area (Å²) in [5, 5.41) is 7.25. The zero-order valence-corrected chi connectivity index (χ0v) is 20.4. The number of H-pyrrole nitrogens is 1. The third kappa shape index (κ3) is 5.22. The van der Waals surface area contributed by atoms with Crippen LogP contribution in [0.3, 0.4) is 0 Å². The predicted molar refractivity (Wildman–Crippen MR) is 129 cm³/mol. The lowest BCUT2D eigenvalue weighted by Gasteiger charge is -2.17. The molecule has 2 aromatic heterocycles. The third-order valence-electron chi connectivity index (χ3n) is 5.01. The van der Waals surface area contributed by atoms with Gasteiger partial charge in [0.15, 0.2) is 11.5 Å². The molecule has 10 nitrogen and oxygen atoms in total. The van der Waals surface area contributed by atoms with E-state index in [1.807, 2.05) is 27.7 Å². The van der Waals surface area contributed by atoms with Crippen molar-refractivity contribution >= 4 is 11.7 Å². The number of nitrogens with zero attached hydrogens (tertiary/aromatic N) is 3. The Morgan fingerprint density at radius 1 is 1.00 bits per heavy atom. The summed E-state index contributed by atoms with van der Waals surface area (Å²) in [6, 6.07) is 4.92. The molecule has 182 valence electrons. The molecule has 0 saturated heterocycles. The quantitative estimate of drug-likeness (QED) is 0.466. The van der Waals surface area contributed by atoms with Gasteiger partial charge in [0, 0.05) is 22.9 Å². The van der Waals surface area contributed by atoms with Crippen LogP contribution in [-0.2, 0) is 6.42 Å². The standard InChI is InChI=1S/C24H31N5O5/c1-7-17-15(6)25-24(27-23(17)31)29-20(11-14(5)28-29)26-22(30)16-12-18(32-8-2)21(34-10-4)19(13-16)33-9-3/h11-13H,7-10H2,1-6H3,(H,26,30)(H,25,27,31). The second kappa shape index (κ2) is 10.9. The highest BCUT2D eigenvalue weighted by Gasteiger charge is 2.20. The van der Waals surface area contributed by atoms with Crippen LogP contribution in [0, 0.1) is 13.8 Å². The van der Waals surface area contributed by atoms with Gasteiger partial charge in [-0.3, -0.25) is 14.6 Å². The van der Waals surface area contributed by atoms with Crippen molar-refractivity contribution < 1.29 is 19.0 Å². The summed E-state index contributed by atoms with van der Waals surface area (Å²) in [7, 11) is 0. The molecule has 0 unspecified atom stereocenters. The summed E-state index contributed by atoms with van der Waals surface area (Å²) in [4.78, 5) is 32.9. The van der Waals surface area contributed by atoms with Gasteiger partial charge in [0.2, 0.25) is 11.7 Å². The summed E-state index contributed by atoms with van der Waals surface area (Å²) >= 11 is 0. The summed E-state index contributed by atoms with van der Waals surface area (Å²) in [6.07, 6.45) is 0.568. The normalized spacial score (nSPS) is 10.8. The summed E-state index contributed by atoms with van der Waals surface area (Å²) in [5.41, 5.74) is 1.96. The number of ether oxygens (including phenoxy) is 3. The van der Waals surface area contributed by atoms with Crippen molar-refractivity contribution in [3.05, 3.63) is 51.1 Å². The number of hydrogen-bond donors (Lipinski definition) is 2. The number of aromatic nitrogens is 4. The molecule has 1 aromatic carbocycles. The number of aryl methyl sites for hydroxylation is 2. The zero-order valence-electron chi connectivity index (χ0n) is 20.4. The second-order valence-corrected chi connectivity index (χ2v) is 7.44. The first kappa shape index (κ1) is 24.8. The molecule has 1 amide bonds. The van der Waals surface area contributed by atoms with Crippen LogP contribution < -0.4 is 25.1 Å². The van der Waals surface area contributed by atoms with Crippen LogP contribution in [0.1, 0.15) is 55.0 Å². The molecule has 3 rings (SSSR count). The molecular formula is C24H31N5O5. The monoisotopic (exact) mass is 469 g/mol. The van der Waals surface area contributed by atoms with Crippen molar-refractivity contribution in [2.24, 2.45) is 0 Å². The van der Waals surface area contributed by atoms with Crippen molar-refractivity contribution in [1.29, 1.82) is 0 Å². The van der Waals surface area contributed by atoms with Crippen molar-refractivity contribution in [3.8, 4) is 23.2 Å². The van der Waals surface area contributed by atoms with E-state index >= 15 is 0 Å². The molecule has 0 radical (unpaired) electrons. The van der Waals surface area contributed by atoms with Gasteiger partial charge in [-0.05, 0) is 53.2 Å². The molecule has 0 atom stereocenters. The van der Waals surface area contributed by atoms with Gasteiger partial charge in [-0.1, -0.05) is 6.92 Å². The number of rotatable bonds is 10. The second-order valence-electron chi connectivity index (χ2n) is 7.44. The minimum Gasteiger partial charge on any atom is -0.490 e. The fraction of sp³-hybridized carbons (Fsp3) is 0.417. The molecular weight excluding hydrogens is 438 g/mol. The average molecular weight is 470 g/mol. The smallest absolute Gasteiger partial charge is 0.257 e. The third-order valence-corrected chi connectivity index (χ3v) is 5.01. The molecule has 0 aliphatic rings. The lowest BCUT2D eigenvalue weighted by Crippen LogP contribution is -2.22. The van der Waals surface area contributed by atoms with Crippen molar-refractivity contribution in [2.45, 2.75) is 48.0 Å². The number of anilines is 1. The van der Waals surface area contributed by atoms with Gasteiger partial charge in [-0.25, -0.2) is 4.98 Å². The van der Waals surface area contributed by atoms with E-state index in [0.29, 0.717) is 71.8 Å². The first-order chi connectivity index (χ1) is 16.3. The van der Waals surface area contributed by atoms with Crippen LogP contribution in [0.4, 0.5) is 5.82 Å². The highest BCUT2D eigenvalue weighted by Crippen LogP contribution is 2.39. The number of hydrogen-bond acceptors (Lipinski definition) is 7. The van der Waals surface area contributed by atoms with E-state index in [-0.39, 0.29) is 11.5 Å². The fourth-order valence-electron chi connectivity index (χ4n) is 3.57. The van der Waals surface area contributed by atoms with Gasteiger partial charge in [0.05, 0.1) is 25.5 Å². The maximum absolute atomic E-state index is 13.2. The molecule has 2 N–H and O–H groups in total. The first-order valence-electron chi connectivity index (χ1n) is 11.4. The van der Waals surface area contributed by atoms with E-state index in [9.17, 15) is 9.59 Å². The lowest BCUT2D eigenvalue weighted by molar-refractivity contribution is 0.102. The Balaban J connectivity index is 2.00. The minimum absolute atomic E-state index is 0.222. The Kier molecular flexibility index (Phi) is 7.93. The molecule has 3 aromatic rings. The van der Waals surface area contributed by atoms with Gasteiger partial charge >= 0.3 is 0 Å². The Bertz CT molecular complexity index is 1200. The lowest BCUT2D eigenvalue weighted by atomic mass is 10.1. The maximum Gasteiger partial charge on any atom is 0.257 e. The van der Waals surface area contributed by atoms with Crippen molar-refractivity contribution in [3.63, 3.8) is 0 Å². The van der Waals surface area contributed by atoms with Gasteiger partial charge in [-0.15, -0.1) is 0 Å². The number of aromatic amines is 1. The molecule has 0 bridgehead atoms. The molecule has 2 heterocycles. The molecule has 0 saturated carbocycles. The number of amides is 1. The molecule has 0 spiro atoms. The van der Waals surface area contributed by atoms with Crippen LogP contribution >= 0.6 is 0 Å². The van der Waals surface area contributed by atoms with Gasteiger partial charge in [0.1, 0.15) is 5.82 Å². The van der Waals surface area contributed by atoms with E-state index in [2.05, 4.69) is 20.4 Å². The summed E-state index contributed by atoms with van der Waals surface area (Å²) in [5.74, 6) is 1.47. The van der Waals surface area contributed by atoms with E-state index < -0.39 is 5.91 Å². The predicted octanol–water partition coefficient (Wildman–Crippen LogP) is 3.58. The Hall–Kier alpha value is -3.82. The van der Waals surface area contributed by atoms with Crippen LogP contribution in [0.25, 0.3) is 5.95 Å². The summed E-state index contributed by atoms with van der Waals surface area (Å²) in [6.45, 7) is 12.2. The average Bonchev–Trinajstić information content (AvgIpc) is 3.15. The number of carbonyl (C=O) groups is 1. The zero-order chi connectivity index (χ0) is 24.8. The Morgan fingerprint density at radius 2 is 1.62 bits per heavy atom. The Labute approximate surface area is 198 Å². The van der Waals surface area contributed by atoms with Gasteiger partial charge in [-0.2, -0.15) is 9.78 Å². The Morgan fingerprint density at radius 3 is 2.15 bits per heavy atom. The molecule has 34 heavy (non-hydrogen) atoms. The maximum atomic E-state index is 13.2. The highest BCUT2D eigenvalue weighted by molar-refractivity contribution is 6.04. The first-order valence-corrected chi connectivity index (χ1v) is 11.4. The largest absolute Gasteiger partial charge is 0.490 e. The molecule has 10 heteroatoms. The van der Waals surface area contributed by atoms with E-state index in [0.717, 1.165) is 0 Å². The van der Waals surface area contributed by atoms with Gasteiger partial charge in [0.25, 0.3) is 11.5 Å². The number of nitrogens with one attached hydrogen (secondary N) is 2. The van der Waals surface area contributed by atoms with E-state index in [4.69, 9.17) is 14.2 Å².